The molecule has 160 valence electrons. The second-order valence-corrected chi connectivity index (χ2v) is 9.36. The van der Waals surface area contributed by atoms with Crippen molar-refractivity contribution >= 4 is 28.1 Å². The zero-order valence-electron chi connectivity index (χ0n) is 16.8. The molecule has 1 aromatic heterocycles. The summed E-state index contributed by atoms with van der Waals surface area (Å²) < 4.78 is 20.6. The van der Waals surface area contributed by atoms with Crippen LogP contribution in [-0.4, -0.2) is 55.2 Å². The van der Waals surface area contributed by atoms with E-state index in [2.05, 4.69) is 25.9 Å². The molecule has 0 bridgehead atoms. The molecule has 2 aromatic rings. The van der Waals surface area contributed by atoms with Gasteiger partial charge in [0.25, 0.3) is 0 Å². The molecule has 0 saturated carbocycles. The van der Waals surface area contributed by atoms with Crippen LogP contribution in [0.15, 0.2) is 30.3 Å². The normalized spacial score (nSPS) is 12.0. The molecule has 2 rings (SSSR count). The predicted octanol–water partition coefficient (Wildman–Crippen LogP) is 3.35. The Morgan fingerprint density at radius 3 is 2.45 bits per heavy atom. The molecular formula is C19H29N5O4S. The van der Waals surface area contributed by atoms with E-state index in [0.717, 1.165) is 0 Å². The molecule has 10 heteroatoms. The molecule has 0 aliphatic heterocycles. The van der Waals surface area contributed by atoms with Crippen molar-refractivity contribution in [2.45, 2.75) is 31.8 Å². The number of aromatic nitrogens is 2. The average Bonchev–Trinajstić information content (AvgIpc) is 2.66. The van der Waals surface area contributed by atoms with Gasteiger partial charge in [0.05, 0.1) is 18.1 Å². The summed E-state index contributed by atoms with van der Waals surface area (Å²) in [5.41, 5.74) is 1.83. The predicted molar refractivity (Wildman–Crippen MR) is 117 cm³/mol. The van der Waals surface area contributed by atoms with Crippen LogP contribution in [0, 0.1) is 0 Å². The molecule has 29 heavy (non-hydrogen) atoms. The number of rotatable bonds is 9. The number of aliphatic hydroxyl groups excluding tert-OH is 1. The van der Waals surface area contributed by atoms with Gasteiger partial charge in [-0.3, -0.25) is 9.11 Å². The summed E-state index contributed by atoms with van der Waals surface area (Å²) in [6, 6.07) is 8.40. The maximum absolute atomic E-state index is 11.6. The molecule has 0 radical (unpaired) electrons. The van der Waals surface area contributed by atoms with Crippen LogP contribution in [0.4, 0.5) is 16.3 Å². The molecule has 0 unspecified atom stereocenters. The molecule has 0 aliphatic rings. The Hall–Kier alpha value is -2.40. The molecule has 0 atom stereocenters. The minimum absolute atomic E-state index is 0.0187. The number of aliphatic hydroxyl groups is 1. The number of nitrogens with one attached hydrogen (secondary N) is 3. The molecule has 1 heterocycles. The van der Waals surface area contributed by atoms with Gasteiger partial charge in [0.1, 0.15) is 5.82 Å². The van der Waals surface area contributed by atoms with Gasteiger partial charge >= 0.3 is 6.03 Å². The highest BCUT2D eigenvalue weighted by atomic mass is 32.3. The number of anilines is 2. The van der Waals surface area contributed by atoms with Crippen LogP contribution in [0.1, 0.15) is 26.5 Å². The largest absolute Gasteiger partial charge is 0.395 e. The van der Waals surface area contributed by atoms with Gasteiger partial charge in [-0.15, -0.1) is 0 Å². The zero-order chi connectivity index (χ0) is 21.4. The van der Waals surface area contributed by atoms with E-state index >= 15 is 0 Å². The van der Waals surface area contributed by atoms with Crippen LogP contribution < -0.4 is 16.0 Å². The molecule has 0 fully saturated rings. The fraction of sp³-hybridized carbons (Fsp3) is 0.421. The van der Waals surface area contributed by atoms with E-state index in [4.69, 9.17) is 5.11 Å². The van der Waals surface area contributed by atoms with Crippen LogP contribution in [0.25, 0.3) is 11.4 Å². The number of hydrogen-bond donors (Lipinski definition) is 6. The fourth-order valence-corrected chi connectivity index (χ4v) is 3.31. The van der Waals surface area contributed by atoms with Gasteiger partial charge in [-0.25, -0.2) is 14.8 Å². The number of carbonyl (C=O) groups is 1. The smallest absolute Gasteiger partial charge is 0.319 e. The monoisotopic (exact) mass is 423 g/mol. The van der Waals surface area contributed by atoms with Gasteiger partial charge in [-0.05, 0) is 45.0 Å². The molecule has 0 aliphatic carbocycles. The Morgan fingerprint density at radius 2 is 1.86 bits per heavy atom. The third-order valence-corrected chi connectivity index (χ3v) is 6.28. The van der Waals surface area contributed by atoms with Gasteiger partial charge in [0.2, 0.25) is 0 Å². The number of amides is 2. The molecule has 9 nitrogen and oxygen atoms in total. The van der Waals surface area contributed by atoms with Gasteiger partial charge < -0.3 is 21.1 Å². The summed E-state index contributed by atoms with van der Waals surface area (Å²) in [6.45, 7) is 6.13. The van der Waals surface area contributed by atoms with Gasteiger partial charge in [0, 0.05) is 35.7 Å². The minimum Gasteiger partial charge on any atom is -0.395 e. The number of hydrogen-bond acceptors (Lipinski definition) is 7. The first-order valence-corrected chi connectivity index (χ1v) is 11.2. The molecule has 2 amide bonds. The Labute approximate surface area is 172 Å². The fourth-order valence-electron chi connectivity index (χ4n) is 2.40. The minimum atomic E-state index is -2.84. The van der Waals surface area contributed by atoms with Crippen LogP contribution >= 0.6 is 10.6 Å². The quantitative estimate of drug-likeness (QED) is 0.363. The summed E-state index contributed by atoms with van der Waals surface area (Å²) in [4.78, 5) is 20.6. The second-order valence-electron chi connectivity index (χ2n) is 6.69. The van der Waals surface area contributed by atoms with E-state index in [0.29, 0.717) is 41.7 Å². The van der Waals surface area contributed by atoms with Crippen LogP contribution in [0.3, 0.4) is 0 Å². The Morgan fingerprint density at radius 1 is 1.17 bits per heavy atom. The average molecular weight is 424 g/mol. The lowest BCUT2D eigenvalue weighted by molar-refractivity contribution is 0.252. The molecular weight excluding hydrogens is 394 g/mol. The maximum atomic E-state index is 11.6. The standard InChI is InChI=1S/C19H29N5O4S/c1-4-20-19(26)23-15-7-5-14(6-8-15)18-22-16(12-29(27,28)13(2)3)11-17(24-18)21-9-10-25/h5-8,11,13,25,27-28H,4,9-10,12H2,1-3H3,(H2,20,23,26)(H,21,22,24). The highest BCUT2D eigenvalue weighted by molar-refractivity contribution is 8.24. The lowest BCUT2D eigenvalue weighted by Crippen LogP contribution is -2.28. The molecule has 0 saturated heterocycles. The summed E-state index contributed by atoms with van der Waals surface area (Å²) in [5.74, 6) is 0.916. The molecule has 6 N–H and O–H groups in total. The summed E-state index contributed by atoms with van der Waals surface area (Å²) in [5, 5.41) is 17.1. The van der Waals surface area contributed by atoms with E-state index < -0.39 is 10.6 Å². The summed E-state index contributed by atoms with van der Waals surface area (Å²) in [7, 11) is -2.84. The topological polar surface area (TPSA) is 140 Å². The van der Waals surface area contributed by atoms with Crippen molar-refractivity contribution in [2.24, 2.45) is 0 Å². The molecule has 0 spiro atoms. The third kappa shape index (κ3) is 6.86. The van der Waals surface area contributed by atoms with Crippen molar-refractivity contribution < 1.29 is 19.0 Å². The second kappa shape index (κ2) is 10.4. The van der Waals surface area contributed by atoms with Crippen LogP contribution in [0.5, 0.6) is 0 Å². The Bertz CT molecular complexity index is 815. The van der Waals surface area contributed by atoms with Crippen molar-refractivity contribution in [1.29, 1.82) is 0 Å². The van der Waals surface area contributed by atoms with E-state index in [9.17, 15) is 13.9 Å². The lowest BCUT2D eigenvalue weighted by atomic mass is 10.2. The first-order chi connectivity index (χ1) is 13.7. The maximum Gasteiger partial charge on any atom is 0.319 e. The van der Waals surface area contributed by atoms with Crippen molar-refractivity contribution in [2.75, 3.05) is 30.3 Å². The van der Waals surface area contributed by atoms with Gasteiger partial charge in [0.15, 0.2) is 5.82 Å². The van der Waals surface area contributed by atoms with Crippen molar-refractivity contribution in [3.63, 3.8) is 0 Å². The van der Waals surface area contributed by atoms with Gasteiger partial charge in [-0.2, -0.15) is 10.6 Å². The number of carbonyl (C=O) groups excluding carboxylic acids is 1. The van der Waals surface area contributed by atoms with Crippen molar-refractivity contribution in [3.8, 4) is 11.4 Å². The van der Waals surface area contributed by atoms with Gasteiger partial charge in [-0.1, -0.05) is 0 Å². The van der Waals surface area contributed by atoms with E-state index in [1.807, 2.05) is 6.92 Å². The first kappa shape index (κ1) is 22.9. The summed E-state index contributed by atoms with van der Waals surface area (Å²) in [6.07, 6.45) is 0. The van der Waals surface area contributed by atoms with E-state index in [-0.39, 0.29) is 23.6 Å². The number of benzene rings is 1. The zero-order valence-corrected chi connectivity index (χ0v) is 17.7. The number of nitrogens with zero attached hydrogens (tertiary/aromatic N) is 2. The highest BCUT2D eigenvalue weighted by Crippen LogP contribution is 2.47. The third-order valence-electron chi connectivity index (χ3n) is 4.05. The number of urea groups is 1. The highest BCUT2D eigenvalue weighted by Gasteiger charge is 2.20. The Balaban J connectivity index is 2.30. The van der Waals surface area contributed by atoms with Crippen molar-refractivity contribution in [3.05, 3.63) is 36.0 Å². The van der Waals surface area contributed by atoms with Crippen LogP contribution in [-0.2, 0) is 5.75 Å². The van der Waals surface area contributed by atoms with Crippen LogP contribution in [0.2, 0.25) is 0 Å². The lowest BCUT2D eigenvalue weighted by Gasteiger charge is -2.36. The van der Waals surface area contributed by atoms with Crippen molar-refractivity contribution in [1.82, 2.24) is 15.3 Å². The van der Waals surface area contributed by atoms with E-state index in [1.165, 1.54) is 0 Å². The summed E-state index contributed by atoms with van der Waals surface area (Å²) >= 11 is 0. The van der Waals surface area contributed by atoms with E-state index in [1.54, 1.807) is 44.2 Å². The first-order valence-electron chi connectivity index (χ1n) is 9.38. The SMILES string of the molecule is CCNC(=O)Nc1ccc(-c2nc(CS(O)(O)C(C)C)cc(NCCO)n2)cc1. The Kier molecular flexibility index (Phi) is 8.21. The molecule has 1 aromatic carbocycles.